The van der Waals surface area contributed by atoms with Crippen molar-refractivity contribution in [1.29, 1.82) is 0 Å². The van der Waals surface area contributed by atoms with Gasteiger partial charge in [-0.2, -0.15) is 0 Å². The molecule has 3 rings (SSSR count). The molecule has 1 nitrogen and oxygen atoms in total. The summed E-state index contributed by atoms with van der Waals surface area (Å²) in [6.07, 6.45) is 0. The van der Waals surface area contributed by atoms with Gasteiger partial charge in [-0.1, -0.05) is 53.5 Å². The number of rotatable bonds is 0. The lowest BCUT2D eigenvalue weighted by Crippen LogP contribution is -2.15. The Bertz CT molecular complexity index is 514. The first-order valence-corrected chi connectivity index (χ1v) is 5.12. The van der Waals surface area contributed by atoms with E-state index in [0.29, 0.717) is 0 Å². The van der Waals surface area contributed by atoms with Gasteiger partial charge in [0.2, 0.25) is 4.46 Å². The lowest BCUT2D eigenvalue weighted by molar-refractivity contribution is 1.04. The zero-order valence-electron chi connectivity index (χ0n) is 7.22. The van der Waals surface area contributed by atoms with E-state index >= 15 is 0 Å². The van der Waals surface area contributed by atoms with Crippen molar-refractivity contribution in [1.82, 2.24) is 0 Å². The molecule has 0 spiro atoms. The van der Waals surface area contributed by atoms with Gasteiger partial charge in [0.1, 0.15) is 0 Å². The van der Waals surface area contributed by atoms with Crippen LogP contribution in [0.25, 0.3) is 10.8 Å². The first-order chi connectivity index (χ1) is 6.68. The maximum absolute atomic E-state index is 6.16. The molecule has 0 radical (unpaired) electrons. The minimum absolute atomic E-state index is 0.939. The number of alkyl halides is 2. The molecule has 2 aromatic carbocycles. The minimum Gasteiger partial charge on any atom is -0.350 e. The SMILES string of the molecule is ClC1(Cl)Nc2cccc3cccc1c23. The molecule has 0 bridgehead atoms. The number of anilines is 1. The lowest BCUT2D eigenvalue weighted by atomic mass is 10.1. The van der Waals surface area contributed by atoms with E-state index in [1.54, 1.807) is 0 Å². The van der Waals surface area contributed by atoms with E-state index in [0.717, 1.165) is 22.0 Å². The highest BCUT2D eigenvalue weighted by atomic mass is 35.5. The van der Waals surface area contributed by atoms with Crippen LogP contribution in [0.1, 0.15) is 5.56 Å². The normalized spacial score (nSPS) is 17.0. The highest BCUT2D eigenvalue weighted by Crippen LogP contribution is 2.47. The van der Waals surface area contributed by atoms with E-state index in [2.05, 4.69) is 17.4 Å². The fraction of sp³-hybridized carbons (Fsp3) is 0.0909. The van der Waals surface area contributed by atoms with E-state index < -0.39 is 4.46 Å². The topological polar surface area (TPSA) is 12.0 Å². The average Bonchev–Trinajstić information content (AvgIpc) is 2.41. The number of benzene rings is 2. The van der Waals surface area contributed by atoms with E-state index in [4.69, 9.17) is 23.2 Å². The second-order valence-corrected chi connectivity index (χ2v) is 4.74. The Labute approximate surface area is 91.6 Å². The van der Waals surface area contributed by atoms with Gasteiger partial charge in [0.15, 0.2) is 0 Å². The summed E-state index contributed by atoms with van der Waals surface area (Å²) >= 11 is 12.3. The molecule has 1 N–H and O–H groups in total. The molecule has 2 aromatic rings. The first kappa shape index (κ1) is 8.39. The molecule has 0 saturated heterocycles. The second-order valence-electron chi connectivity index (χ2n) is 3.41. The van der Waals surface area contributed by atoms with Crippen LogP contribution >= 0.6 is 23.2 Å². The van der Waals surface area contributed by atoms with Crippen LogP contribution in [0.5, 0.6) is 0 Å². The number of nitrogens with one attached hydrogen (secondary N) is 1. The third kappa shape index (κ3) is 0.969. The molecule has 0 unspecified atom stereocenters. The van der Waals surface area contributed by atoms with Gasteiger partial charge in [0.25, 0.3) is 0 Å². The van der Waals surface area contributed by atoms with Crippen molar-refractivity contribution in [3.63, 3.8) is 0 Å². The van der Waals surface area contributed by atoms with Crippen molar-refractivity contribution >= 4 is 39.7 Å². The molecule has 3 heteroatoms. The Morgan fingerprint density at radius 2 is 1.71 bits per heavy atom. The molecule has 0 fully saturated rings. The van der Waals surface area contributed by atoms with Crippen LogP contribution in [0, 0.1) is 0 Å². The average molecular weight is 224 g/mol. The summed E-state index contributed by atoms with van der Waals surface area (Å²) in [6.45, 7) is 0. The van der Waals surface area contributed by atoms with Gasteiger partial charge >= 0.3 is 0 Å². The van der Waals surface area contributed by atoms with Gasteiger partial charge in [-0.05, 0) is 11.5 Å². The largest absolute Gasteiger partial charge is 0.350 e. The molecular weight excluding hydrogens is 217 g/mol. The highest BCUT2D eigenvalue weighted by molar-refractivity contribution is 6.51. The van der Waals surface area contributed by atoms with Crippen LogP contribution < -0.4 is 5.32 Å². The Hall–Kier alpha value is -0.920. The summed E-state index contributed by atoms with van der Waals surface area (Å²) in [6, 6.07) is 12.0. The Morgan fingerprint density at radius 1 is 1.00 bits per heavy atom. The molecule has 0 aromatic heterocycles. The van der Waals surface area contributed by atoms with E-state index in [1.807, 2.05) is 24.3 Å². The van der Waals surface area contributed by atoms with Gasteiger partial charge < -0.3 is 5.32 Å². The number of hydrogen-bond acceptors (Lipinski definition) is 1. The van der Waals surface area contributed by atoms with Crippen molar-refractivity contribution in [2.24, 2.45) is 0 Å². The summed E-state index contributed by atoms with van der Waals surface area (Å²) in [7, 11) is 0. The third-order valence-electron chi connectivity index (χ3n) is 2.53. The Morgan fingerprint density at radius 3 is 2.50 bits per heavy atom. The van der Waals surface area contributed by atoms with E-state index in [9.17, 15) is 0 Å². The maximum Gasteiger partial charge on any atom is 0.215 e. The summed E-state index contributed by atoms with van der Waals surface area (Å²) in [5, 5.41) is 5.37. The van der Waals surface area contributed by atoms with Gasteiger partial charge in [-0.25, -0.2) is 0 Å². The number of halogens is 2. The molecule has 0 aliphatic carbocycles. The zero-order valence-corrected chi connectivity index (χ0v) is 8.73. The Balaban J connectivity index is 2.50. The fourth-order valence-corrected chi connectivity index (χ4v) is 2.46. The second kappa shape index (κ2) is 2.56. The molecule has 70 valence electrons. The molecule has 0 saturated carbocycles. The van der Waals surface area contributed by atoms with Crippen LogP contribution in [0.15, 0.2) is 36.4 Å². The molecule has 1 aliphatic rings. The standard InChI is InChI=1S/C11H7Cl2N/c12-11(13)8-5-1-3-7-4-2-6-9(14-11)10(7)8/h1-6,14H. The quantitative estimate of drug-likeness (QED) is 0.529. The monoisotopic (exact) mass is 223 g/mol. The summed E-state index contributed by atoms with van der Waals surface area (Å²) in [5.74, 6) is 0. The predicted molar refractivity (Wildman–Crippen MR) is 61.0 cm³/mol. The third-order valence-corrected chi connectivity index (χ3v) is 3.13. The summed E-state index contributed by atoms with van der Waals surface area (Å²) < 4.78 is -0.983. The lowest BCUT2D eigenvalue weighted by Gasteiger charge is -2.14. The van der Waals surface area contributed by atoms with E-state index in [-0.39, 0.29) is 0 Å². The van der Waals surface area contributed by atoms with Crippen LogP contribution in [-0.2, 0) is 4.46 Å². The van der Waals surface area contributed by atoms with Gasteiger partial charge in [-0.15, -0.1) is 0 Å². The van der Waals surface area contributed by atoms with Crippen molar-refractivity contribution < 1.29 is 0 Å². The summed E-state index contributed by atoms with van der Waals surface area (Å²) in [5.41, 5.74) is 1.94. The van der Waals surface area contributed by atoms with Gasteiger partial charge in [0, 0.05) is 16.6 Å². The molecule has 0 amide bonds. The van der Waals surface area contributed by atoms with Crippen molar-refractivity contribution in [3.05, 3.63) is 42.0 Å². The van der Waals surface area contributed by atoms with Gasteiger partial charge in [-0.3, -0.25) is 0 Å². The van der Waals surface area contributed by atoms with Crippen LogP contribution in [0.4, 0.5) is 5.69 Å². The van der Waals surface area contributed by atoms with Crippen molar-refractivity contribution in [2.75, 3.05) is 5.32 Å². The maximum atomic E-state index is 6.16. The molecule has 1 heterocycles. The zero-order chi connectivity index (χ0) is 9.76. The van der Waals surface area contributed by atoms with Crippen LogP contribution in [0.2, 0.25) is 0 Å². The Kier molecular flexibility index (Phi) is 1.53. The van der Waals surface area contributed by atoms with Crippen molar-refractivity contribution in [3.8, 4) is 0 Å². The number of hydrogen-bond donors (Lipinski definition) is 1. The summed E-state index contributed by atoms with van der Waals surface area (Å²) in [4.78, 5) is 0. The predicted octanol–water partition coefficient (Wildman–Crippen LogP) is 3.85. The van der Waals surface area contributed by atoms with Crippen molar-refractivity contribution in [2.45, 2.75) is 4.46 Å². The molecule has 1 aliphatic heterocycles. The highest BCUT2D eigenvalue weighted by Gasteiger charge is 2.34. The fourth-order valence-electron chi connectivity index (χ4n) is 1.94. The molecule has 0 atom stereocenters. The minimum atomic E-state index is -0.983. The molecule has 14 heavy (non-hydrogen) atoms. The van der Waals surface area contributed by atoms with Crippen LogP contribution in [0.3, 0.4) is 0 Å². The van der Waals surface area contributed by atoms with Gasteiger partial charge in [0.05, 0.1) is 0 Å². The van der Waals surface area contributed by atoms with Crippen LogP contribution in [-0.4, -0.2) is 0 Å². The molecular formula is C11H7Cl2N. The first-order valence-electron chi connectivity index (χ1n) is 4.37. The van der Waals surface area contributed by atoms with E-state index in [1.165, 1.54) is 0 Å². The smallest absolute Gasteiger partial charge is 0.215 e.